The number of benzene rings is 1. The average molecular weight is 415 g/mol. The van der Waals surface area contributed by atoms with E-state index in [-0.39, 0.29) is 12.1 Å². The van der Waals surface area contributed by atoms with E-state index in [1.54, 1.807) is 48.7 Å². The van der Waals surface area contributed by atoms with Crippen LogP contribution in [-0.4, -0.2) is 26.7 Å². The van der Waals surface area contributed by atoms with E-state index in [2.05, 4.69) is 22.2 Å². The molecular weight excluding hydrogens is 396 g/mol. The summed E-state index contributed by atoms with van der Waals surface area (Å²) in [6, 6.07) is 9.93. The maximum Gasteiger partial charge on any atom is 0.325 e. The fourth-order valence-electron chi connectivity index (χ4n) is 2.42. The highest BCUT2D eigenvalue weighted by Gasteiger charge is 2.21. The minimum Gasteiger partial charge on any atom is -0.308 e. The Bertz CT molecular complexity index is 1080. The van der Waals surface area contributed by atoms with Gasteiger partial charge < -0.3 is 5.32 Å². The van der Waals surface area contributed by atoms with Gasteiger partial charge in [0.15, 0.2) is 5.16 Å². The van der Waals surface area contributed by atoms with Crippen LogP contribution in [0.5, 0.6) is 0 Å². The van der Waals surface area contributed by atoms with Crippen LogP contribution in [0.3, 0.4) is 0 Å². The van der Waals surface area contributed by atoms with Crippen LogP contribution in [0.1, 0.15) is 6.92 Å². The maximum atomic E-state index is 12.6. The third-order valence-corrected chi connectivity index (χ3v) is 5.68. The van der Waals surface area contributed by atoms with Gasteiger partial charge >= 0.3 is 6.03 Å². The van der Waals surface area contributed by atoms with E-state index >= 15 is 0 Å². The molecule has 1 aromatic carbocycles. The lowest BCUT2D eigenvalue weighted by Gasteiger charge is -2.14. The van der Waals surface area contributed by atoms with Gasteiger partial charge in [-0.3, -0.25) is 19.5 Å². The van der Waals surface area contributed by atoms with Crippen LogP contribution in [0.15, 0.2) is 64.4 Å². The molecule has 9 heteroatoms. The van der Waals surface area contributed by atoms with Crippen molar-refractivity contribution in [3.8, 4) is 0 Å². The minimum absolute atomic E-state index is 0.178. The number of imide groups is 1. The molecule has 0 radical (unpaired) electrons. The summed E-state index contributed by atoms with van der Waals surface area (Å²) < 4.78 is 1.47. The Balaban J connectivity index is 1.73. The number of thiophene rings is 1. The van der Waals surface area contributed by atoms with Gasteiger partial charge in [-0.25, -0.2) is 9.78 Å². The standard InChI is InChI=1S/C19H18N4O3S2/c1-3-10-23-17(25)14-9-11-27-16(14)22-19(23)28-12(2)15(24)21-18(26)20-13-7-5-4-6-8-13/h3-9,11-12H,1,10H2,2H3,(H2,20,21,24,26). The summed E-state index contributed by atoms with van der Waals surface area (Å²) in [4.78, 5) is 42.1. The summed E-state index contributed by atoms with van der Waals surface area (Å²) in [6.07, 6.45) is 1.60. The van der Waals surface area contributed by atoms with Crippen molar-refractivity contribution < 1.29 is 9.59 Å². The van der Waals surface area contributed by atoms with Gasteiger partial charge in [-0.05, 0) is 30.5 Å². The first kappa shape index (κ1) is 19.8. The Labute approximate surface area is 169 Å². The molecule has 0 spiro atoms. The Hall–Kier alpha value is -2.91. The van der Waals surface area contributed by atoms with Crippen molar-refractivity contribution in [2.75, 3.05) is 5.32 Å². The molecule has 28 heavy (non-hydrogen) atoms. The SMILES string of the molecule is C=CCn1c(SC(C)C(=O)NC(=O)Nc2ccccc2)nc2sccc2c1=O. The van der Waals surface area contributed by atoms with Gasteiger partial charge in [0.1, 0.15) is 4.83 Å². The second kappa shape index (κ2) is 8.85. The summed E-state index contributed by atoms with van der Waals surface area (Å²) in [6.45, 7) is 5.61. The molecule has 0 aliphatic rings. The van der Waals surface area contributed by atoms with E-state index in [0.717, 1.165) is 11.8 Å². The quantitative estimate of drug-likeness (QED) is 0.366. The minimum atomic E-state index is -0.637. The topological polar surface area (TPSA) is 93.1 Å². The van der Waals surface area contributed by atoms with E-state index in [0.29, 0.717) is 21.1 Å². The fraction of sp³-hybridized carbons (Fsp3) is 0.158. The van der Waals surface area contributed by atoms with Gasteiger partial charge in [0.05, 0.1) is 10.6 Å². The Morgan fingerprint density at radius 3 is 2.79 bits per heavy atom. The predicted molar refractivity (Wildman–Crippen MR) is 113 cm³/mol. The number of urea groups is 1. The number of allylic oxidation sites excluding steroid dienone is 1. The average Bonchev–Trinajstić information content (AvgIpc) is 3.14. The van der Waals surface area contributed by atoms with E-state index in [1.165, 1.54) is 15.9 Å². The molecule has 3 rings (SSSR count). The Kier molecular flexibility index (Phi) is 6.27. The van der Waals surface area contributed by atoms with E-state index in [4.69, 9.17) is 0 Å². The van der Waals surface area contributed by atoms with E-state index in [1.807, 2.05) is 6.07 Å². The molecule has 7 nitrogen and oxygen atoms in total. The molecule has 3 aromatic rings. The number of aromatic nitrogens is 2. The Morgan fingerprint density at radius 2 is 2.07 bits per heavy atom. The zero-order valence-corrected chi connectivity index (χ0v) is 16.7. The first-order chi connectivity index (χ1) is 13.5. The maximum absolute atomic E-state index is 12.6. The number of hydrogen-bond donors (Lipinski definition) is 2. The zero-order chi connectivity index (χ0) is 20.1. The third kappa shape index (κ3) is 4.49. The van der Waals surface area contributed by atoms with Crippen molar-refractivity contribution in [2.45, 2.75) is 23.9 Å². The zero-order valence-electron chi connectivity index (χ0n) is 15.0. The van der Waals surface area contributed by atoms with Crippen LogP contribution in [0.2, 0.25) is 0 Å². The number of rotatable bonds is 6. The van der Waals surface area contributed by atoms with Gasteiger partial charge in [0.2, 0.25) is 5.91 Å². The normalized spacial score (nSPS) is 11.8. The highest BCUT2D eigenvalue weighted by atomic mass is 32.2. The molecule has 0 saturated carbocycles. The predicted octanol–water partition coefficient (Wildman–Crippen LogP) is 3.47. The van der Waals surface area contributed by atoms with Crippen molar-refractivity contribution in [3.63, 3.8) is 0 Å². The van der Waals surface area contributed by atoms with Gasteiger partial charge in [-0.2, -0.15) is 0 Å². The van der Waals surface area contributed by atoms with Crippen LogP contribution in [0, 0.1) is 0 Å². The summed E-state index contributed by atoms with van der Waals surface area (Å²) in [7, 11) is 0. The van der Waals surface area contributed by atoms with E-state index in [9.17, 15) is 14.4 Å². The van der Waals surface area contributed by atoms with Gasteiger partial charge in [-0.15, -0.1) is 17.9 Å². The molecule has 2 N–H and O–H groups in total. The largest absolute Gasteiger partial charge is 0.325 e. The summed E-state index contributed by atoms with van der Waals surface area (Å²) >= 11 is 2.48. The molecule has 2 heterocycles. The van der Waals surface area contributed by atoms with Gasteiger partial charge in [0.25, 0.3) is 5.56 Å². The molecule has 0 fully saturated rings. The highest BCUT2D eigenvalue weighted by molar-refractivity contribution is 8.00. The summed E-state index contributed by atoms with van der Waals surface area (Å²) in [5.74, 6) is -0.482. The Morgan fingerprint density at radius 1 is 1.32 bits per heavy atom. The third-order valence-electron chi connectivity index (χ3n) is 3.78. The number of carbonyl (C=O) groups is 2. The van der Waals surface area contributed by atoms with Crippen molar-refractivity contribution in [1.82, 2.24) is 14.9 Å². The van der Waals surface area contributed by atoms with Crippen LogP contribution in [0.25, 0.3) is 10.2 Å². The molecule has 1 atom stereocenters. The molecule has 0 saturated heterocycles. The van der Waals surface area contributed by atoms with Crippen LogP contribution < -0.4 is 16.2 Å². The smallest absolute Gasteiger partial charge is 0.308 e. The summed E-state index contributed by atoms with van der Waals surface area (Å²) in [5.41, 5.74) is 0.404. The van der Waals surface area contributed by atoms with Gasteiger partial charge in [-0.1, -0.05) is 36.0 Å². The molecule has 0 aliphatic heterocycles. The number of para-hydroxylation sites is 1. The van der Waals surface area contributed by atoms with Crippen molar-refractivity contribution in [3.05, 3.63) is 64.8 Å². The lowest BCUT2D eigenvalue weighted by molar-refractivity contribution is -0.119. The molecular formula is C19H18N4O3S2. The van der Waals surface area contributed by atoms with Crippen molar-refractivity contribution >= 4 is 50.9 Å². The number of carbonyl (C=O) groups excluding carboxylic acids is 2. The van der Waals surface area contributed by atoms with Crippen LogP contribution >= 0.6 is 23.1 Å². The molecule has 0 aliphatic carbocycles. The molecule has 0 bridgehead atoms. The summed E-state index contributed by atoms with van der Waals surface area (Å²) in [5, 5.41) is 7.00. The first-order valence-corrected chi connectivity index (χ1v) is 10.2. The molecule has 3 amide bonds. The number of nitrogens with one attached hydrogen (secondary N) is 2. The second-order valence-corrected chi connectivity index (χ2v) is 8.01. The van der Waals surface area contributed by atoms with Crippen LogP contribution in [-0.2, 0) is 11.3 Å². The molecule has 2 aromatic heterocycles. The number of thioether (sulfide) groups is 1. The molecule has 144 valence electrons. The lowest BCUT2D eigenvalue weighted by Crippen LogP contribution is -2.39. The molecule has 1 unspecified atom stereocenters. The van der Waals surface area contributed by atoms with Crippen molar-refractivity contribution in [1.29, 1.82) is 0 Å². The monoisotopic (exact) mass is 414 g/mol. The van der Waals surface area contributed by atoms with Crippen molar-refractivity contribution in [2.24, 2.45) is 0 Å². The van der Waals surface area contributed by atoms with E-state index < -0.39 is 17.2 Å². The highest BCUT2D eigenvalue weighted by Crippen LogP contribution is 2.24. The van der Waals surface area contributed by atoms with Gasteiger partial charge in [0, 0.05) is 12.2 Å². The van der Waals surface area contributed by atoms with Crippen LogP contribution in [0.4, 0.5) is 10.5 Å². The number of nitrogens with zero attached hydrogens (tertiary/aromatic N) is 2. The fourth-order valence-corrected chi connectivity index (χ4v) is 4.14. The lowest BCUT2D eigenvalue weighted by atomic mass is 10.3. The number of fused-ring (bicyclic) bond motifs is 1. The first-order valence-electron chi connectivity index (χ1n) is 8.42. The number of anilines is 1. The number of hydrogen-bond acceptors (Lipinski definition) is 6. The number of amides is 3. The second-order valence-electron chi connectivity index (χ2n) is 5.81.